The Labute approximate surface area is 186 Å². The van der Waals surface area contributed by atoms with Crippen LogP contribution in [0.3, 0.4) is 0 Å². The molecular weight excluding hydrogens is 432 g/mol. The normalized spacial score (nSPS) is 12.3. The Balaban J connectivity index is 1.33. The van der Waals surface area contributed by atoms with Crippen molar-refractivity contribution in [3.8, 4) is 17.2 Å². The monoisotopic (exact) mass is 454 g/mol. The van der Waals surface area contributed by atoms with E-state index in [9.17, 15) is 13.2 Å². The van der Waals surface area contributed by atoms with Crippen LogP contribution in [0.1, 0.15) is 15.9 Å². The quantitative estimate of drug-likeness (QED) is 0.506. The number of carbonyl (C=O) groups excluding carboxylic acids is 1. The Bertz CT molecular complexity index is 1230. The number of ether oxygens (including phenoxy) is 3. The van der Waals surface area contributed by atoms with E-state index in [0.29, 0.717) is 22.9 Å². The summed E-state index contributed by atoms with van der Waals surface area (Å²) in [5.41, 5.74) is 1.71. The molecule has 9 heteroatoms. The molecule has 1 amide bonds. The van der Waals surface area contributed by atoms with Crippen molar-refractivity contribution in [3.05, 3.63) is 77.9 Å². The van der Waals surface area contributed by atoms with Crippen LogP contribution in [-0.2, 0) is 10.0 Å². The summed E-state index contributed by atoms with van der Waals surface area (Å²) in [5.74, 6) is 1.48. The zero-order chi connectivity index (χ0) is 22.6. The second-order valence-corrected chi connectivity index (χ2v) is 8.80. The van der Waals surface area contributed by atoms with E-state index in [4.69, 9.17) is 14.2 Å². The van der Waals surface area contributed by atoms with Crippen LogP contribution in [0.25, 0.3) is 0 Å². The zero-order valence-electron chi connectivity index (χ0n) is 17.3. The molecule has 3 aromatic rings. The Morgan fingerprint density at radius 2 is 1.78 bits per heavy atom. The van der Waals surface area contributed by atoms with E-state index >= 15 is 0 Å². The highest BCUT2D eigenvalue weighted by atomic mass is 32.2. The van der Waals surface area contributed by atoms with Gasteiger partial charge in [-0.3, -0.25) is 9.52 Å². The molecule has 0 unspecified atom stereocenters. The molecule has 3 aromatic carbocycles. The SMILES string of the molecule is Cc1ccc(NS(=O)(=O)c2cccc(C(=O)NCCOc3ccc4c(c3)OCO4)c2)cc1. The summed E-state index contributed by atoms with van der Waals surface area (Å²) in [7, 11) is -3.83. The first-order valence-corrected chi connectivity index (χ1v) is 11.4. The topological polar surface area (TPSA) is 103 Å². The lowest BCUT2D eigenvalue weighted by Gasteiger charge is -2.11. The number of fused-ring (bicyclic) bond motifs is 1. The van der Waals surface area contributed by atoms with E-state index in [-0.39, 0.29) is 30.4 Å². The summed E-state index contributed by atoms with van der Waals surface area (Å²) >= 11 is 0. The Morgan fingerprint density at radius 1 is 1.00 bits per heavy atom. The molecule has 0 bridgehead atoms. The maximum atomic E-state index is 12.7. The van der Waals surface area contributed by atoms with E-state index in [0.717, 1.165) is 5.56 Å². The van der Waals surface area contributed by atoms with Gasteiger partial charge in [0.25, 0.3) is 15.9 Å². The smallest absolute Gasteiger partial charge is 0.261 e. The van der Waals surface area contributed by atoms with Crippen LogP contribution >= 0.6 is 0 Å². The molecular formula is C23H22N2O6S. The predicted molar refractivity (Wildman–Crippen MR) is 119 cm³/mol. The van der Waals surface area contributed by atoms with Gasteiger partial charge in [0, 0.05) is 17.3 Å². The highest BCUT2D eigenvalue weighted by Gasteiger charge is 2.17. The Hall–Kier alpha value is -3.72. The summed E-state index contributed by atoms with van der Waals surface area (Å²) in [6, 6.07) is 18.1. The van der Waals surface area contributed by atoms with Crippen molar-refractivity contribution in [1.29, 1.82) is 0 Å². The predicted octanol–water partition coefficient (Wildman–Crippen LogP) is 3.33. The fourth-order valence-corrected chi connectivity index (χ4v) is 4.15. The van der Waals surface area contributed by atoms with E-state index < -0.39 is 15.9 Å². The highest BCUT2D eigenvalue weighted by molar-refractivity contribution is 7.92. The van der Waals surface area contributed by atoms with E-state index in [2.05, 4.69) is 10.0 Å². The van der Waals surface area contributed by atoms with Crippen LogP contribution in [0.15, 0.2) is 71.6 Å². The van der Waals surface area contributed by atoms with Gasteiger partial charge in [-0.25, -0.2) is 8.42 Å². The van der Waals surface area contributed by atoms with Crippen molar-refractivity contribution in [1.82, 2.24) is 5.32 Å². The number of hydrogen-bond donors (Lipinski definition) is 2. The lowest BCUT2D eigenvalue weighted by Crippen LogP contribution is -2.28. The van der Waals surface area contributed by atoms with Crippen LogP contribution in [0.2, 0.25) is 0 Å². The molecule has 32 heavy (non-hydrogen) atoms. The van der Waals surface area contributed by atoms with Crippen LogP contribution in [0.4, 0.5) is 5.69 Å². The number of aryl methyl sites for hydroxylation is 1. The maximum Gasteiger partial charge on any atom is 0.261 e. The number of anilines is 1. The third-order valence-corrected chi connectivity index (χ3v) is 6.09. The van der Waals surface area contributed by atoms with Crippen LogP contribution in [0, 0.1) is 6.92 Å². The minimum Gasteiger partial charge on any atom is -0.492 e. The average molecular weight is 455 g/mol. The van der Waals surface area contributed by atoms with Gasteiger partial charge in [0.15, 0.2) is 11.5 Å². The summed E-state index contributed by atoms with van der Waals surface area (Å²) in [5, 5.41) is 2.72. The molecule has 2 N–H and O–H groups in total. The van der Waals surface area contributed by atoms with Crippen LogP contribution in [0.5, 0.6) is 17.2 Å². The van der Waals surface area contributed by atoms with Crippen LogP contribution in [-0.4, -0.2) is 34.3 Å². The standard InChI is InChI=1S/C23H22N2O6S/c1-16-5-7-18(8-6-16)25-32(27,28)20-4-2-3-17(13-20)23(26)24-11-12-29-19-9-10-21-22(14-19)31-15-30-21/h2-10,13-14,25H,11-12,15H2,1H3,(H,24,26). The molecule has 0 radical (unpaired) electrons. The third-order valence-electron chi connectivity index (χ3n) is 4.71. The third kappa shape index (κ3) is 5.12. The number of benzene rings is 3. The number of nitrogens with one attached hydrogen (secondary N) is 2. The first-order valence-electron chi connectivity index (χ1n) is 9.91. The van der Waals surface area contributed by atoms with Gasteiger partial charge in [-0.15, -0.1) is 0 Å². The van der Waals surface area contributed by atoms with Gasteiger partial charge in [-0.05, 0) is 49.4 Å². The minimum absolute atomic E-state index is 0.00216. The molecule has 0 saturated carbocycles. The summed E-state index contributed by atoms with van der Waals surface area (Å²) in [6.45, 7) is 2.58. The summed E-state index contributed by atoms with van der Waals surface area (Å²) in [4.78, 5) is 12.5. The van der Waals surface area contributed by atoms with Gasteiger partial charge in [-0.2, -0.15) is 0 Å². The zero-order valence-corrected chi connectivity index (χ0v) is 18.1. The second kappa shape index (κ2) is 9.19. The molecule has 1 heterocycles. The van der Waals surface area contributed by atoms with Crippen molar-refractivity contribution in [2.75, 3.05) is 24.7 Å². The molecule has 0 aliphatic carbocycles. The second-order valence-electron chi connectivity index (χ2n) is 7.12. The van der Waals surface area contributed by atoms with Crippen molar-refractivity contribution in [2.24, 2.45) is 0 Å². The molecule has 8 nitrogen and oxygen atoms in total. The number of carbonyl (C=O) groups is 1. The molecule has 1 aliphatic rings. The van der Waals surface area contributed by atoms with Gasteiger partial charge < -0.3 is 19.5 Å². The fourth-order valence-electron chi connectivity index (χ4n) is 3.04. The molecule has 0 fully saturated rings. The first kappa shape index (κ1) is 21.5. The molecule has 166 valence electrons. The molecule has 0 saturated heterocycles. The molecule has 1 aliphatic heterocycles. The summed E-state index contributed by atoms with van der Waals surface area (Å²) in [6.07, 6.45) is 0. The highest BCUT2D eigenvalue weighted by Crippen LogP contribution is 2.35. The van der Waals surface area contributed by atoms with Gasteiger partial charge in [0.1, 0.15) is 12.4 Å². The van der Waals surface area contributed by atoms with Gasteiger partial charge in [-0.1, -0.05) is 23.8 Å². The molecule has 0 aromatic heterocycles. The largest absolute Gasteiger partial charge is 0.492 e. The lowest BCUT2D eigenvalue weighted by atomic mass is 10.2. The number of hydrogen-bond acceptors (Lipinski definition) is 6. The Morgan fingerprint density at radius 3 is 2.59 bits per heavy atom. The van der Waals surface area contributed by atoms with Gasteiger partial charge in [0.2, 0.25) is 6.79 Å². The number of sulfonamides is 1. The van der Waals surface area contributed by atoms with Gasteiger partial charge in [0.05, 0.1) is 11.4 Å². The van der Waals surface area contributed by atoms with E-state index in [1.165, 1.54) is 18.2 Å². The van der Waals surface area contributed by atoms with Crippen molar-refractivity contribution in [3.63, 3.8) is 0 Å². The van der Waals surface area contributed by atoms with Crippen molar-refractivity contribution >= 4 is 21.6 Å². The van der Waals surface area contributed by atoms with Crippen molar-refractivity contribution < 1.29 is 27.4 Å². The van der Waals surface area contributed by atoms with Crippen LogP contribution < -0.4 is 24.2 Å². The average Bonchev–Trinajstić information content (AvgIpc) is 3.26. The lowest BCUT2D eigenvalue weighted by molar-refractivity contribution is 0.0946. The molecule has 0 spiro atoms. The maximum absolute atomic E-state index is 12.7. The Kier molecular flexibility index (Phi) is 6.18. The minimum atomic E-state index is -3.83. The number of amides is 1. The summed E-state index contributed by atoms with van der Waals surface area (Å²) < 4.78 is 44.0. The van der Waals surface area contributed by atoms with E-state index in [1.807, 2.05) is 19.1 Å². The first-order chi connectivity index (χ1) is 15.4. The van der Waals surface area contributed by atoms with Gasteiger partial charge >= 0.3 is 0 Å². The van der Waals surface area contributed by atoms with E-state index in [1.54, 1.807) is 36.4 Å². The fraction of sp³-hybridized carbons (Fsp3) is 0.174. The molecule has 0 atom stereocenters. The van der Waals surface area contributed by atoms with Crippen molar-refractivity contribution in [2.45, 2.75) is 11.8 Å². The molecule has 4 rings (SSSR count). The number of rotatable bonds is 8.